The molecule has 6 heteroatoms. The predicted molar refractivity (Wildman–Crippen MR) is 81.1 cm³/mol. The van der Waals surface area contributed by atoms with Crippen molar-refractivity contribution in [2.24, 2.45) is 5.92 Å². The second kappa shape index (κ2) is 11.0. The van der Waals surface area contributed by atoms with Gasteiger partial charge < -0.3 is 25.2 Å². The number of methoxy groups -OCH3 is 1. The summed E-state index contributed by atoms with van der Waals surface area (Å²) < 4.78 is 10.6. The third-order valence-electron chi connectivity index (χ3n) is 3.83. The minimum absolute atomic E-state index is 0.0962. The van der Waals surface area contributed by atoms with Gasteiger partial charge in [0.25, 0.3) is 0 Å². The van der Waals surface area contributed by atoms with E-state index in [-0.39, 0.29) is 18.6 Å². The molecule has 124 valence electrons. The fraction of sp³-hybridized carbons (Fsp3) is 0.933. The zero-order valence-corrected chi connectivity index (χ0v) is 13.3. The van der Waals surface area contributed by atoms with Gasteiger partial charge in [-0.25, -0.2) is 0 Å². The molecule has 3 unspecified atom stereocenters. The van der Waals surface area contributed by atoms with Crippen LogP contribution in [0.4, 0.5) is 0 Å². The Kier molecular flexibility index (Phi) is 9.58. The summed E-state index contributed by atoms with van der Waals surface area (Å²) in [5.41, 5.74) is 0. The molecule has 1 fully saturated rings. The standard InChI is InChI=1S/C15H30N2O4/c1-12-5-3-4-6-14(12)21-11-13(18)9-16-10-15(19)17-7-8-20-2/h12-14,16,18H,3-11H2,1-2H3,(H,17,19). The van der Waals surface area contributed by atoms with Gasteiger partial charge in [-0.1, -0.05) is 19.8 Å². The number of hydrogen-bond donors (Lipinski definition) is 3. The van der Waals surface area contributed by atoms with Crippen LogP contribution in [0.2, 0.25) is 0 Å². The molecule has 0 aliphatic heterocycles. The smallest absolute Gasteiger partial charge is 0.234 e. The molecular formula is C15H30N2O4. The molecule has 0 radical (unpaired) electrons. The summed E-state index contributed by atoms with van der Waals surface area (Å²) in [6, 6.07) is 0. The van der Waals surface area contributed by atoms with Crippen LogP contribution in [0.5, 0.6) is 0 Å². The SMILES string of the molecule is COCCNC(=O)CNCC(O)COC1CCCCC1C. The number of rotatable bonds is 10. The van der Waals surface area contributed by atoms with Crippen LogP contribution in [-0.4, -0.2) is 63.2 Å². The Hall–Kier alpha value is -0.690. The number of ether oxygens (including phenoxy) is 2. The molecule has 1 rings (SSSR count). The monoisotopic (exact) mass is 302 g/mol. The van der Waals surface area contributed by atoms with E-state index in [0.717, 1.165) is 6.42 Å². The van der Waals surface area contributed by atoms with E-state index in [4.69, 9.17) is 9.47 Å². The second-order valence-corrected chi connectivity index (χ2v) is 5.76. The summed E-state index contributed by atoms with van der Waals surface area (Å²) in [6.07, 6.45) is 4.48. The molecule has 3 atom stereocenters. The molecule has 0 heterocycles. The van der Waals surface area contributed by atoms with Gasteiger partial charge in [0.2, 0.25) is 5.91 Å². The fourth-order valence-corrected chi connectivity index (χ4v) is 2.53. The minimum Gasteiger partial charge on any atom is -0.389 e. The molecule has 3 N–H and O–H groups in total. The molecular weight excluding hydrogens is 272 g/mol. The van der Waals surface area contributed by atoms with E-state index in [1.165, 1.54) is 19.3 Å². The number of carbonyl (C=O) groups is 1. The molecule has 6 nitrogen and oxygen atoms in total. The zero-order chi connectivity index (χ0) is 15.5. The van der Waals surface area contributed by atoms with Gasteiger partial charge in [-0.2, -0.15) is 0 Å². The molecule has 0 aromatic heterocycles. The summed E-state index contributed by atoms with van der Waals surface area (Å²) in [5, 5.41) is 15.5. The highest BCUT2D eigenvalue weighted by atomic mass is 16.5. The Balaban J connectivity index is 2.02. The van der Waals surface area contributed by atoms with Crippen molar-refractivity contribution in [2.45, 2.75) is 44.8 Å². The minimum atomic E-state index is -0.578. The third kappa shape index (κ3) is 8.36. The van der Waals surface area contributed by atoms with Crippen LogP contribution in [-0.2, 0) is 14.3 Å². The van der Waals surface area contributed by atoms with E-state index in [1.54, 1.807) is 7.11 Å². The first-order chi connectivity index (χ1) is 10.1. The highest BCUT2D eigenvalue weighted by molar-refractivity contribution is 5.77. The fourth-order valence-electron chi connectivity index (χ4n) is 2.53. The summed E-state index contributed by atoms with van der Waals surface area (Å²) >= 11 is 0. The van der Waals surface area contributed by atoms with Crippen LogP contribution in [0, 0.1) is 5.92 Å². The predicted octanol–water partition coefficient (Wildman–Crippen LogP) is 0.295. The number of carbonyl (C=O) groups excluding carboxylic acids is 1. The third-order valence-corrected chi connectivity index (χ3v) is 3.83. The lowest BCUT2D eigenvalue weighted by atomic mass is 9.88. The first-order valence-electron chi connectivity index (χ1n) is 7.89. The van der Waals surface area contributed by atoms with E-state index in [0.29, 0.717) is 32.2 Å². The van der Waals surface area contributed by atoms with E-state index in [9.17, 15) is 9.90 Å². The van der Waals surface area contributed by atoms with Gasteiger partial charge in [-0.3, -0.25) is 4.79 Å². The highest BCUT2D eigenvalue weighted by Crippen LogP contribution is 2.26. The first kappa shape index (κ1) is 18.4. The number of aliphatic hydroxyl groups is 1. The summed E-state index contributed by atoms with van der Waals surface area (Å²) in [4.78, 5) is 11.4. The van der Waals surface area contributed by atoms with Crippen LogP contribution in [0.15, 0.2) is 0 Å². The van der Waals surface area contributed by atoms with Crippen molar-refractivity contribution in [3.63, 3.8) is 0 Å². The Morgan fingerprint density at radius 3 is 2.86 bits per heavy atom. The Morgan fingerprint density at radius 2 is 2.14 bits per heavy atom. The van der Waals surface area contributed by atoms with E-state index in [1.807, 2.05) is 0 Å². The highest BCUT2D eigenvalue weighted by Gasteiger charge is 2.22. The average Bonchev–Trinajstić information content (AvgIpc) is 2.47. The van der Waals surface area contributed by atoms with Crippen molar-refractivity contribution in [3.05, 3.63) is 0 Å². The van der Waals surface area contributed by atoms with Crippen molar-refractivity contribution in [1.82, 2.24) is 10.6 Å². The van der Waals surface area contributed by atoms with Crippen molar-refractivity contribution in [1.29, 1.82) is 0 Å². The van der Waals surface area contributed by atoms with Crippen molar-refractivity contribution in [2.75, 3.05) is 40.0 Å². The summed E-state index contributed by atoms with van der Waals surface area (Å²) in [5.74, 6) is 0.478. The lowest BCUT2D eigenvalue weighted by Gasteiger charge is -2.29. The maximum absolute atomic E-state index is 11.4. The molecule has 0 saturated heterocycles. The zero-order valence-electron chi connectivity index (χ0n) is 13.3. The average molecular weight is 302 g/mol. The van der Waals surface area contributed by atoms with Crippen LogP contribution >= 0.6 is 0 Å². The Labute approximate surface area is 127 Å². The molecule has 1 aliphatic rings. The summed E-state index contributed by atoms with van der Waals surface area (Å²) in [7, 11) is 1.59. The molecule has 0 aromatic carbocycles. The number of amides is 1. The van der Waals surface area contributed by atoms with E-state index < -0.39 is 6.10 Å². The van der Waals surface area contributed by atoms with Gasteiger partial charge in [0.05, 0.1) is 32.0 Å². The number of nitrogens with one attached hydrogen (secondary N) is 2. The number of hydrogen-bond acceptors (Lipinski definition) is 5. The van der Waals surface area contributed by atoms with Crippen LogP contribution < -0.4 is 10.6 Å². The van der Waals surface area contributed by atoms with Gasteiger partial charge >= 0.3 is 0 Å². The van der Waals surface area contributed by atoms with Crippen molar-refractivity contribution < 1.29 is 19.4 Å². The molecule has 1 aliphatic carbocycles. The van der Waals surface area contributed by atoms with Crippen LogP contribution in [0.3, 0.4) is 0 Å². The number of aliphatic hydroxyl groups excluding tert-OH is 1. The normalized spacial score (nSPS) is 23.8. The molecule has 0 spiro atoms. The molecule has 21 heavy (non-hydrogen) atoms. The quantitative estimate of drug-likeness (QED) is 0.506. The molecule has 1 amide bonds. The van der Waals surface area contributed by atoms with E-state index in [2.05, 4.69) is 17.6 Å². The molecule has 1 saturated carbocycles. The lowest BCUT2D eigenvalue weighted by Crippen LogP contribution is -2.40. The van der Waals surface area contributed by atoms with Gasteiger partial charge in [0.15, 0.2) is 0 Å². The molecule has 0 bridgehead atoms. The van der Waals surface area contributed by atoms with Crippen molar-refractivity contribution >= 4 is 5.91 Å². The maximum atomic E-state index is 11.4. The Morgan fingerprint density at radius 1 is 1.38 bits per heavy atom. The van der Waals surface area contributed by atoms with Crippen LogP contribution in [0.25, 0.3) is 0 Å². The van der Waals surface area contributed by atoms with Gasteiger partial charge in [0.1, 0.15) is 0 Å². The Bertz CT molecular complexity index is 289. The van der Waals surface area contributed by atoms with Gasteiger partial charge in [-0.05, 0) is 18.8 Å². The summed E-state index contributed by atoms with van der Waals surface area (Å²) in [6.45, 7) is 4.09. The topological polar surface area (TPSA) is 79.8 Å². The first-order valence-corrected chi connectivity index (χ1v) is 7.89. The van der Waals surface area contributed by atoms with Crippen molar-refractivity contribution in [3.8, 4) is 0 Å². The second-order valence-electron chi connectivity index (χ2n) is 5.76. The van der Waals surface area contributed by atoms with Crippen LogP contribution in [0.1, 0.15) is 32.6 Å². The van der Waals surface area contributed by atoms with E-state index >= 15 is 0 Å². The van der Waals surface area contributed by atoms with Gasteiger partial charge in [-0.15, -0.1) is 0 Å². The maximum Gasteiger partial charge on any atom is 0.234 e. The largest absolute Gasteiger partial charge is 0.389 e. The molecule has 0 aromatic rings. The lowest BCUT2D eigenvalue weighted by molar-refractivity contribution is -0.120. The van der Waals surface area contributed by atoms with Gasteiger partial charge in [0, 0.05) is 20.2 Å².